The van der Waals surface area contributed by atoms with Gasteiger partial charge < -0.3 is 4.42 Å². The number of rotatable bonds is 4. The molecule has 0 atom stereocenters. The number of nitrogens with zero attached hydrogens (tertiary/aromatic N) is 2. The Morgan fingerprint density at radius 3 is 2.21 bits per heavy atom. The summed E-state index contributed by atoms with van der Waals surface area (Å²) < 4.78 is 45.0. The van der Waals surface area contributed by atoms with E-state index in [9.17, 15) is 12.8 Å². The maximum atomic E-state index is 13.6. The number of halogens is 2. The van der Waals surface area contributed by atoms with Gasteiger partial charge in [0.1, 0.15) is 23.5 Å². The van der Waals surface area contributed by atoms with E-state index in [0.29, 0.717) is 27.6 Å². The summed E-state index contributed by atoms with van der Waals surface area (Å²) in [5.74, 6) is -0.349. The van der Waals surface area contributed by atoms with Gasteiger partial charge in [0.05, 0.1) is 10.5 Å². The highest BCUT2D eigenvalue weighted by Crippen LogP contribution is 2.38. The minimum Gasteiger partial charge on any atom is -0.444 e. The molecule has 0 spiro atoms. The second-order valence-corrected chi connectivity index (χ2v) is 10.3. The highest BCUT2D eigenvalue weighted by molar-refractivity contribution is 7.90. The summed E-state index contributed by atoms with van der Waals surface area (Å²) in [6.45, 7) is 1.92. The standard InChI is InChI=1S/C25H18ClFN2O3S/c1-15-13-18(7-12-21(15)26)22-14-32-25-23(16-3-8-19(27)9-4-16)24(28-29(22)25)17-5-10-20(11-6-17)33(2,30)31/h3-14H,1-2H3. The van der Waals surface area contributed by atoms with Crippen LogP contribution in [0.5, 0.6) is 0 Å². The number of sulfone groups is 1. The van der Waals surface area contributed by atoms with Gasteiger partial charge in [-0.3, -0.25) is 0 Å². The predicted octanol–water partition coefficient (Wildman–Crippen LogP) is 6.43. The van der Waals surface area contributed by atoms with Crippen molar-refractivity contribution in [3.05, 3.63) is 89.4 Å². The van der Waals surface area contributed by atoms with E-state index in [4.69, 9.17) is 21.1 Å². The first-order valence-corrected chi connectivity index (χ1v) is 12.3. The Morgan fingerprint density at radius 1 is 0.939 bits per heavy atom. The molecular formula is C25H18ClFN2O3S. The Kier molecular flexibility index (Phi) is 5.11. The maximum Gasteiger partial charge on any atom is 0.230 e. The molecule has 0 amide bonds. The van der Waals surface area contributed by atoms with Crippen LogP contribution in [-0.4, -0.2) is 24.3 Å². The van der Waals surface area contributed by atoms with E-state index in [2.05, 4.69) is 0 Å². The number of oxazole rings is 1. The first-order valence-electron chi connectivity index (χ1n) is 10.1. The lowest BCUT2D eigenvalue weighted by Crippen LogP contribution is -1.96. The molecule has 0 unspecified atom stereocenters. The van der Waals surface area contributed by atoms with Gasteiger partial charge in [-0.2, -0.15) is 9.61 Å². The van der Waals surface area contributed by atoms with Gasteiger partial charge in [-0.05, 0) is 54.4 Å². The van der Waals surface area contributed by atoms with Crippen molar-refractivity contribution < 1.29 is 17.2 Å². The van der Waals surface area contributed by atoms with E-state index in [0.717, 1.165) is 28.6 Å². The van der Waals surface area contributed by atoms with E-state index < -0.39 is 9.84 Å². The molecule has 0 aliphatic heterocycles. The van der Waals surface area contributed by atoms with Crippen molar-refractivity contribution in [3.8, 4) is 33.6 Å². The lowest BCUT2D eigenvalue weighted by atomic mass is 10.0. The summed E-state index contributed by atoms with van der Waals surface area (Å²) in [5.41, 5.74) is 5.72. The zero-order valence-electron chi connectivity index (χ0n) is 17.7. The summed E-state index contributed by atoms with van der Waals surface area (Å²) in [4.78, 5) is 0.217. The molecule has 0 N–H and O–H groups in total. The number of hydrogen-bond donors (Lipinski definition) is 0. The van der Waals surface area contributed by atoms with Crippen LogP contribution < -0.4 is 0 Å². The monoisotopic (exact) mass is 480 g/mol. The molecular weight excluding hydrogens is 463 g/mol. The Labute approximate surface area is 195 Å². The Morgan fingerprint density at radius 2 is 1.58 bits per heavy atom. The first kappa shape index (κ1) is 21.4. The van der Waals surface area contributed by atoms with E-state index in [1.54, 1.807) is 47.2 Å². The van der Waals surface area contributed by atoms with Gasteiger partial charge in [0.15, 0.2) is 9.84 Å². The van der Waals surface area contributed by atoms with Gasteiger partial charge in [-0.1, -0.05) is 41.9 Å². The van der Waals surface area contributed by atoms with Crippen molar-refractivity contribution in [3.63, 3.8) is 0 Å². The molecule has 166 valence electrons. The molecule has 0 saturated carbocycles. The van der Waals surface area contributed by atoms with E-state index in [1.165, 1.54) is 12.1 Å². The fourth-order valence-electron chi connectivity index (χ4n) is 3.77. The minimum absolute atomic E-state index is 0.217. The molecule has 8 heteroatoms. The molecule has 0 aliphatic rings. The molecule has 5 aromatic rings. The van der Waals surface area contributed by atoms with Gasteiger partial charge in [0.2, 0.25) is 5.71 Å². The van der Waals surface area contributed by atoms with E-state index in [1.807, 2.05) is 25.1 Å². The Bertz CT molecular complexity index is 1600. The summed E-state index contributed by atoms with van der Waals surface area (Å²) in [7, 11) is -3.33. The van der Waals surface area contributed by atoms with E-state index >= 15 is 0 Å². The van der Waals surface area contributed by atoms with Crippen LogP contribution in [0.1, 0.15) is 5.56 Å². The normalized spacial score (nSPS) is 11.9. The fraction of sp³-hybridized carbons (Fsp3) is 0.0800. The second kappa shape index (κ2) is 7.86. The Balaban J connectivity index is 1.75. The van der Waals surface area contributed by atoms with Crippen molar-refractivity contribution >= 4 is 27.2 Å². The van der Waals surface area contributed by atoms with Crippen molar-refractivity contribution in [1.29, 1.82) is 0 Å². The van der Waals surface area contributed by atoms with Crippen LogP contribution in [0.4, 0.5) is 4.39 Å². The number of aryl methyl sites for hydroxylation is 1. The average molecular weight is 481 g/mol. The molecule has 2 aromatic heterocycles. The smallest absolute Gasteiger partial charge is 0.230 e. The van der Waals surface area contributed by atoms with Gasteiger partial charge in [-0.15, -0.1) is 0 Å². The van der Waals surface area contributed by atoms with Gasteiger partial charge in [0.25, 0.3) is 0 Å². The SMILES string of the molecule is Cc1cc(-c2coc3c(-c4ccc(F)cc4)c(-c4ccc(S(C)(=O)=O)cc4)nn23)ccc1Cl. The molecule has 0 bridgehead atoms. The average Bonchev–Trinajstić information content (AvgIpc) is 3.35. The van der Waals surface area contributed by atoms with Crippen LogP contribution in [0.15, 0.2) is 82.3 Å². The minimum atomic E-state index is -3.33. The van der Waals surface area contributed by atoms with Gasteiger partial charge in [0, 0.05) is 22.4 Å². The van der Waals surface area contributed by atoms with Crippen LogP contribution in [-0.2, 0) is 9.84 Å². The van der Waals surface area contributed by atoms with E-state index in [-0.39, 0.29) is 10.7 Å². The van der Waals surface area contributed by atoms with Crippen LogP contribution in [0.3, 0.4) is 0 Å². The predicted molar refractivity (Wildman–Crippen MR) is 127 cm³/mol. The number of aromatic nitrogens is 2. The molecule has 0 radical (unpaired) electrons. The Hall–Kier alpha value is -3.42. The summed E-state index contributed by atoms with van der Waals surface area (Å²) in [6.07, 6.45) is 2.78. The number of benzene rings is 3. The highest BCUT2D eigenvalue weighted by Gasteiger charge is 2.22. The summed E-state index contributed by atoms with van der Waals surface area (Å²) in [5, 5.41) is 5.47. The molecule has 5 nitrogen and oxygen atoms in total. The first-order chi connectivity index (χ1) is 15.7. The summed E-state index contributed by atoms with van der Waals surface area (Å²) in [6, 6.07) is 18.2. The molecule has 3 aromatic carbocycles. The fourth-order valence-corrected chi connectivity index (χ4v) is 4.52. The molecule has 0 aliphatic carbocycles. The molecule has 2 heterocycles. The largest absolute Gasteiger partial charge is 0.444 e. The zero-order valence-corrected chi connectivity index (χ0v) is 19.3. The van der Waals surface area contributed by atoms with Crippen molar-refractivity contribution in [2.75, 3.05) is 6.26 Å². The highest BCUT2D eigenvalue weighted by atomic mass is 35.5. The number of fused-ring (bicyclic) bond motifs is 1. The quantitative estimate of drug-likeness (QED) is 0.297. The lowest BCUT2D eigenvalue weighted by molar-refractivity contribution is 0.602. The third kappa shape index (κ3) is 3.83. The third-order valence-corrected chi connectivity index (χ3v) is 7.05. The summed E-state index contributed by atoms with van der Waals surface area (Å²) >= 11 is 6.19. The zero-order chi connectivity index (χ0) is 23.3. The number of hydrogen-bond acceptors (Lipinski definition) is 4. The van der Waals surface area contributed by atoms with Crippen LogP contribution in [0.25, 0.3) is 39.4 Å². The topological polar surface area (TPSA) is 64.6 Å². The molecule has 5 rings (SSSR count). The molecule has 0 fully saturated rings. The van der Waals surface area contributed by atoms with Gasteiger partial charge >= 0.3 is 0 Å². The van der Waals surface area contributed by atoms with Crippen LogP contribution in [0, 0.1) is 12.7 Å². The van der Waals surface area contributed by atoms with Crippen LogP contribution >= 0.6 is 11.6 Å². The lowest BCUT2D eigenvalue weighted by Gasteiger charge is -2.05. The van der Waals surface area contributed by atoms with Crippen molar-refractivity contribution in [2.45, 2.75) is 11.8 Å². The second-order valence-electron chi connectivity index (χ2n) is 7.83. The molecule has 0 saturated heterocycles. The third-order valence-electron chi connectivity index (χ3n) is 5.50. The van der Waals surface area contributed by atoms with Gasteiger partial charge in [-0.25, -0.2) is 12.8 Å². The van der Waals surface area contributed by atoms with Crippen LogP contribution in [0.2, 0.25) is 5.02 Å². The maximum absolute atomic E-state index is 13.6. The van der Waals surface area contributed by atoms with Crippen molar-refractivity contribution in [1.82, 2.24) is 9.61 Å². The molecule has 33 heavy (non-hydrogen) atoms. The van der Waals surface area contributed by atoms with Crippen molar-refractivity contribution in [2.24, 2.45) is 0 Å².